The number of aliphatic carboxylic acids is 1. The molecule has 176 valence electrons. The maximum Gasteiger partial charge on any atom is 1.00 e. The van der Waals surface area contributed by atoms with Crippen LogP contribution in [-0.2, 0) is 11.2 Å². The fourth-order valence-corrected chi connectivity index (χ4v) is 4.42. The number of rotatable bonds is 8. The Labute approximate surface area is 239 Å². The summed E-state index contributed by atoms with van der Waals surface area (Å²) >= 11 is 18.3. The van der Waals surface area contributed by atoms with Crippen molar-refractivity contribution in [3.8, 4) is 17.2 Å². The van der Waals surface area contributed by atoms with Gasteiger partial charge in [-0.2, -0.15) is 0 Å². The first-order valence-electron chi connectivity index (χ1n) is 10.6. The molecule has 2 heterocycles. The van der Waals surface area contributed by atoms with Gasteiger partial charge < -0.3 is 19.4 Å². The van der Waals surface area contributed by atoms with Gasteiger partial charge in [-0.25, -0.2) is 0 Å². The summed E-state index contributed by atoms with van der Waals surface area (Å²) in [5.41, 5.74) is 1.73. The fraction of sp³-hybridized carbons (Fsp3) is 0.240. The molecule has 0 saturated carbocycles. The van der Waals surface area contributed by atoms with Crippen molar-refractivity contribution in [3.63, 3.8) is 0 Å². The van der Waals surface area contributed by atoms with E-state index in [0.717, 1.165) is 0 Å². The number of hydrogen-bond acceptors (Lipinski definition) is 6. The Balaban J connectivity index is 0.00000342. The minimum atomic E-state index is -1.16. The molecule has 0 bridgehead atoms. The van der Waals surface area contributed by atoms with E-state index in [0.29, 0.717) is 69.8 Å². The Hall–Kier alpha value is -1.80. The van der Waals surface area contributed by atoms with Crippen molar-refractivity contribution in [2.45, 2.75) is 31.6 Å². The quantitative estimate of drug-likeness (QED) is 0.321. The van der Waals surface area contributed by atoms with Crippen molar-refractivity contribution in [3.05, 3.63) is 80.6 Å². The van der Waals surface area contributed by atoms with Gasteiger partial charge in [0.2, 0.25) is 0 Å². The predicted octanol–water partition coefficient (Wildman–Crippen LogP) is 2.66. The first-order chi connectivity index (χ1) is 16.3. The molecule has 1 aliphatic rings. The molecule has 10 heteroatoms. The maximum atomic E-state index is 12.5. The van der Waals surface area contributed by atoms with Gasteiger partial charge in [-0.1, -0.05) is 34.8 Å². The number of benzene rings is 2. The Morgan fingerprint density at radius 2 is 1.83 bits per heavy atom. The molecule has 0 amide bonds. The number of fused-ring (bicyclic) bond motifs is 1. The average Bonchev–Trinajstić information content (AvgIpc) is 2.81. The molecule has 0 fully saturated rings. The molecule has 0 aliphatic carbocycles. The Morgan fingerprint density at radius 3 is 2.51 bits per heavy atom. The van der Waals surface area contributed by atoms with Gasteiger partial charge in [-0.15, -0.1) is 0 Å². The summed E-state index contributed by atoms with van der Waals surface area (Å²) in [6.07, 6.45) is 3.37. The summed E-state index contributed by atoms with van der Waals surface area (Å²) < 4.78 is 11.4. The standard InChI is InChI=1S/C25H20Cl3NO5.Na/c26-15-10-19(27)21(29-13-15)2-1-3-22(30)14-4-6-16(7-5-14)34-24-12-23-18(11-20(24)28)17(25(31)32)8-9-33-23;/h4-7,10-13,17H,1-3,8-9H2,(H,31,32);/q;+1/p-1. The van der Waals surface area contributed by atoms with Crippen LogP contribution in [0, 0.1) is 0 Å². The van der Waals surface area contributed by atoms with E-state index in [-0.39, 0.29) is 47.0 Å². The number of carbonyl (C=O) groups excluding carboxylic acids is 2. The molecule has 1 atom stereocenters. The molecule has 0 radical (unpaired) electrons. The number of hydrogen-bond donors (Lipinski definition) is 0. The summed E-state index contributed by atoms with van der Waals surface area (Å²) in [4.78, 5) is 28.1. The number of nitrogens with zero attached hydrogens (tertiary/aromatic N) is 1. The molecule has 0 spiro atoms. The second kappa shape index (κ2) is 12.4. The van der Waals surface area contributed by atoms with Gasteiger partial charge in [-0.3, -0.25) is 9.78 Å². The van der Waals surface area contributed by atoms with Gasteiger partial charge in [0.15, 0.2) is 5.78 Å². The van der Waals surface area contributed by atoms with Crippen molar-refractivity contribution in [2.24, 2.45) is 0 Å². The zero-order valence-corrected chi connectivity index (χ0v) is 23.1. The fourth-order valence-electron chi connectivity index (χ4n) is 3.74. The second-order valence-corrected chi connectivity index (χ2v) is 9.07. The minimum absolute atomic E-state index is 0. The third-order valence-electron chi connectivity index (χ3n) is 5.49. The van der Waals surface area contributed by atoms with E-state index in [9.17, 15) is 14.7 Å². The monoisotopic (exact) mass is 541 g/mol. The zero-order chi connectivity index (χ0) is 24.2. The molecule has 3 aromatic rings. The largest absolute Gasteiger partial charge is 1.00 e. The normalized spacial score (nSPS) is 14.3. The summed E-state index contributed by atoms with van der Waals surface area (Å²) in [6.45, 7) is 0.268. The van der Waals surface area contributed by atoms with E-state index in [1.807, 2.05) is 0 Å². The Morgan fingerprint density at radius 1 is 1.09 bits per heavy atom. The van der Waals surface area contributed by atoms with Crippen LogP contribution < -0.4 is 44.1 Å². The van der Waals surface area contributed by atoms with E-state index < -0.39 is 11.9 Å². The first kappa shape index (κ1) is 27.8. The van der Waals surface area contributed by atoms with E-state index in [1.165, 1.54) is 12.3 Å². The summed E-state index contributed by atoms with van der Waals surface area (Å²) in [6, 6.07) is 11.4. The number of ether oxygens (including phenoxy) is 2. The third kappa shape index (κ3) is 6.91. The maximum absolute atomic E-state index is 12.5. The van der Waals surface area contributed by atoms with Crippen LogP contribution in [0.2, 0.25) is 15.1 Å². The van der Waals surface area contributed by atoms with Gasteiger partial charge in [0.1, 0.15) is 17.2 Å². The van der Waals surface area contributed by atoms with Gasteiger partial charge in [0, 0.05) is 41.7 Å². The van der Waals surface area contributed by atoms with E-state index in [4.69, 9.17) is 44.3 Å². The number of pyridine rings is 1. The topological polar surface area (TPSA) is 88.5 Å². The predicted molar refractivity (Wildman–Crippen MR) is 127 cm³/mol. The van der Waals surface area contributed by atoms with Crippen LogP contribution in [0.15, 0.2) is 48.7 Å². The number of halogens is 3. The molecule has 1 aromatic heterocycles. The van der Waals surface area contributed by atoms with Crippen molar-refractivity contribution < 1.29 is 53.7 Å². The first-order valence-corrected chi connectivity index (χ1v) is 11.7. The number of ketones is 1. The number of Topliss-reactive ketones (excluding diaryl/α,β-unsaturated/α-hetero) is 1. The molecule has 0 N–H and O–H groups in total. The van der Waals surface area contributed by atoms with E-state index in [2.05, 4.69) is 4.98 Å². The van der Waals surface area contributed by atoms with Gasteiger partial charge in [0.05, 0.1) is 27.4 Å². The Bertz CT molecular complexity index is 1240. The van der Waals surface area contributed by atoms with Crippen LogP contribution in [0.5, 0.6) is 17.2 Å². The molecule has 2 aromatic carbocycles. The van der Waals surface area contributed by atoms with Gasteiger partial charge >= 0.3 is 29.6 Å². The summed E-state index contributed by atoms with van der Waals surface area (Å²) in [7, 11) is 0. The smallest absolute Gasteiger partial charge is 0.549 e. The number of carbonyl (C=O) groups is 2. The third-order valence-corrected chi connectivity index (χ3v) is 6.32. The molecule has 4 rings (SSSR count). The van der Waals surface area contributed by atoms with E-state index in [1.54, 1.807) is 36.4 Å². The molecular formula is C25H19Cl3NNaO5. The molecule has 6 nitrogen and oxygen atoms in total. The molecular weight excluding hydrogens is 524 g/mol. The Kier molecular flexibility index (Phi) is 9.87. The zero-order valence-electron chi connectivity index (χ0n) is 18.9. The van der Waals surface area contributed by atoms with Crippen LogP contribution >= 0.6 is 34.8 Å². The summed E-state index contributed by atoms with van der Waals surface area (Å²) in [5, 5.41) is 12.6. The van der Waals surface area contributed by atoms with E-state index >= 15 is 0 Å². The van der Waals surface area contributed by atoms with Crippen LogP contribution in [0.4, 0.5) is 0 Å². The average molecular weight is 543 g/mol. The molecule has 0 saturated heterocycles. The van der Waals surface area contributed by atoms with Crippen LogP contribution in [-0.4, -0.2) is 23.3 Å². The number of aromatic nitrogens is 1. The minimum Gasteiger partial charge on any atom is -0.549 e. The van der Waals surface area contributed by atoms with Crippen molar-refractivity contribution in [2.75, 3.05) is 6.61 Å². The number of carboxylic acids is 1. The van der Waals surface area contributed by atoms with Crippen LogP contribution in [0.3, 0.4) is 0 Å². The molecule has 35 heavy (non-hydrogen) atoms. The van der Waals surface area contributed by atoms with Gasteiger partial charge in [0.25, 0.3) is 0 Å². The number of aryl methyl sites for hydroxylation is 1. The second-order valence-electron chi connectivity index (χ2n) is 7.81. The molecule has 1 unspecified atom stereocenters. The van der Waals surface area contributed by atoms with Crippen LogP contribution in [0.1, 0.15) is 46.8 Å². The van der Waals surface area contributed by atoms with Crippen LogP contribution in [0.25, 0.3) is 0 Å². The van der Waals surface area contributed by atoms with Crippen molar-refractivity contribution in [1.82, 2.24) is 4.98 Å². The van der Waals surface area contributed by atoms with Gasteiger partial charge in [-0.05, 0) is 55.7 Å². The summed E-state index contributed by atoms with van der Waals surface area (Å²) in [5.74, 6) is -0.741. The molecule has 1 aliphatic heterocycles. The van der Waals surface area contributed by atoms with Crippen molar-refractivity contribution >= 4 is 46.6 Å². The SMILES string of the molecule is O=C(CCCc1ncc(Cl)cc1Cl)c1ccc(Oc2cc3c(cc2Cl)C(C(=O)[O-])CCO3)cc1.[Na+]. The number of carboxylic acid groups (broad SMARTS) is 1. The van der Waals surface area contributed by atoms with Crippen molar-refractivity contribution in [1.29, 1.82) is 0 Å².